The van der Waals surface area contributed by atoms with E-state index in [-0.39, 0.29) is 0 Å². The van der Waals surface area contributed by atoms with Gasteiger partial charge in [0.2, 0.25) is 0 Å². The molecule has 0 amide bonds. The average molecular weight is 269 g/mol. The Balaban J connectivity index is 1.80. The first-order valence-electron chi connectivity index (χ1n) is 5.89. The van der Waals surface area contributed by atoms with Crippen LogP contribution in [0.25, 0.3) is 11.3 Å². The molecule has 3 aromatic rings. The van der Waals surface area contributed by atoms with Gasteiger partial charge in [0.05, 0.1) is 12.1 Å². The molecule has 3 rings (SSSR count). The van der Waals surface area contributed by atoms with E-state index >= 15 is 0 Å². The molecule has 0 radical (unpaired) electrons. The van der Waals surface area contributed by atoms with Gasteiger partial charge < -0.3 is 4.42 Å². The molecule has 0 aliphatic carbocycles. The summed E-state index contributed by atoms with van der Waals surface area (Å²) in [5, 5.41) is 3.01. The van der Waals surface area contributed by atoms with Crippen molar-refractivity contribution in [3.05, 3.63) is 64.4 Å². The van der Waals surface area contributed by atoms with E-state index in [1.54, 1.807) is 17.4 Å². The predicted octanol–water partition coefficient (Wildman–Crippen LogP) is 3.81. The van der Waals surface area contributed by atoms with E-state index in [0.29, 0.717) is 18.5 Å². The second-order valence-corrected chi connectivity index (χ2v) is 5.03. The zero-order chi connectivity index (χ0) is 13.1. The lowest BCUT2D eigenvalue weighted by Gasteiger charge is -1.94. The summed E-state index contributed by atoms with van der Waals surface area (Å²) in [6.45, 7) is 0. The van der Waals surface area contributed by atoms with E-state index in [1.807, 2.05) is 41.8 Å². The number of benzene rings is 1. The predicted molar refractivity (Wildman–Crippen MR) is 74.5 cm³/mol. The quantitative estimate of drug-likeness (QED) is 0.676. The summed E-state index contributed by atoms with van der Waals surface area (Å²) in [5.74, 6) is 1.12. The van der Waals surface area contributed by atoms with Crippen molar-refractivity contribution in [1.29, 1.82) is 0 Å². The first-order chi connectivity index (χ1) is 9.35. The molecule has 0 unspecified atom stereocenters. The third-order valence-corrected chi connectivity index (χ3v) is 3.59. The van der Waals surface area contributed by atoms with E-state index in [4.69, 9.17) is 4.42 Å². The van der Waals surface area contributed by atoms with Crippen LogP contribution in [-0.2, 0) is 6.42 Å². The van der Waals surface area contributed by atoms with E-state index in [2.05, 4.69) is 4.98 Å². The van der Waals surface area contributed by atoms with Gasteiger partial charge in [-0.1, -0.05) is 30.3 Å². The van der Waals surface area contributed by atoms with Crippen LogP contribution in [0.3, 0.4) is 0 Å². The molecule has 19 heavy (non-hydrogen) atoms. The molecule has 0 bridgehead atoms. The average Bonchev–Trinajstić information content (AvgIpc) is 3.09. The van der Waals surface area contributed by atoms with Crippen LogP contribution in [-0.4, -0.2) is 11.3 Å². The van der Waals surface area contributed by atoms with Crippen LogP contribution in [0, 0.1) is 0 Å². The fraction of sp³-hybridized carbons (Fsp3) is 0.0667. The van der Waals surface area contributed by atoms with Crippen molar-refractivity contribution >= 4 is 17.6 Å². The lowest BCUT2D eigenvalue weighted by atomic mass is 10.2. The zero-order valence-electron chi connectivity index (χ0n) is 10.1. The fourth-order valence-corrected chi connectivity index (χ4v) is 2.65. The van der Waals surface area contributed by atoms with Crippen molar-refractivity contribution in [3.63, 3.8) is 0 Å². The molecule has 2 heterocycles. The van der Waals surface area contributed by atoms with Gasteiger partial charge >= 0.3 is 0 Å². The van der Waals surface area contributed by atoms with Crippen LogP contribution in [0.15, 0.2) is 52.3 Å². The van der Waals surface area contributed by atoms with Gasteiger partial charge in [0.15, 0.2) is 12.0 Å². The molecule has 94 valence electrons. The highest BCUT2D eigenvalue weighted by atomic mass is 32.1. The molecule has 1 aromatic carbocycles. The summed E-state index contributed by atoms with van der Waals surface area (Å²) in [7, 11) is 0. The van der Waals surface area contributed by atoms with E-state index in [1.165, 1.54) is 0 Å². The Labute approximate surface area is 114 Å². The summed E-state index contributed by atoms with van der Waals surface area (Å²) in [5.41, 5.74) is 2.08. The smallest absolute Gasteiger partial charge is 0.185 e. The summed E-state index contributed by atoms with van der Waals surface area (Å²) >= 11 is 1.60. The number of furan rings is 1. The highest BCUT2D eigenvalue weighted by Gasteiger charge is 2.07. The molecular formula is C15H11NO2S. The maximum Gasteiger partial charge on any atom is 0.185 e. The van der Waals surface area contributed by atoms with Crippen LogP contribution in [0.4, 0.5) is 0 Å². The van der Waals surface area contributed by atoms with Gasteiger partial charge in [-0.3, -0.25) is 4.79 Å². The van der Waals surface area contributed by atoms with E-state index in [0.717, 1.165) is 22.0 Å². The Hall–Kier alpha value is -2.20. The number of aldehydes is 1. The van der Waals surface area contributed by atoms with Crippen LogP contribution >= 0.6 is 11.3 Å². The number of aromatic nitrogens is 1. The number of nitrogens with zero attached hydrogens (tertiary/aromatic N) is 1. The van der Waals surface area contributed by atoms with Crippen molar-refractivity contribution < 1.29 is 9.21 Å². The lowest BCUT2D eigenvalue weighted by molar-refractivity contribution is 0.109. The Morgan fingerprint density at radius 1 is 1.16 bits per heavy atom. The van der Waals surface area contributed by atoms with Gasteiger partial charge in [0, 0.05) is 10.9 Å². The Bertz CT molecular complexity index is 685. The highest BCUT2D eigenvalue weighted by Crippen LogP contribution is 2.23. The van der Waals surface area contributed by atoms with Crippen LogP contribution < -0.4 is 0 Å². The zero-order valence-corrected chi connectivity index (χ0v) is 10.9. The largest absolute Gasteiger partial charge is 0.458 e. The van der Waals surface area contributed by atoms with Gasteiger partial charge in [0.25, 0.3) is 0 Å². The van der Waals surface area contributed by atoms with Crippen molar-refractivity contribution in [2.75, 3.05) is 0 Å². The summed E-state index contributed by atoms with van der Waals surface area (Å²) < 4.78 is 5.35. The monoisotopic (exact) mass is 269 g/mol. The molecule has 0 aliphatic heterocycles. The molecule has 0 N–H and O–H groups in total. The second-order valence-electron chi connectivity index (χ2n) is 4.09. The van der Waals surface area contributed by atoms with Crippen LogP contribution in [0.5, 0.6) is 0 Å². The minimum Gasteiger partial charge on any atom is -0.458 e. The van der Waals surface area contributed by atoms with Crippen molar-refractivity contribution in [1.82, 2.24) is 4.98 Å². The number of hydrogen-bond acceptors (Lipinski definition) is 4. The van der Waals surface area contributed by atoms with Crippen LogP contribution in [0.1, 0.15) is 21.3 Å². The minimum atomic E-state index is 0.356. The number of carbonyl (C=O) groups excluding carboxylic acids is 1. The summed E-state index contributed by atoms with van der Waals surface area (Å²) in [6, 6.07) is 13.5. The van der Waals surface area contributed by atoms with Gasteiger partial charge in [-0.05, 0) is 12.1 Å². The standard InChI is InChI=1S/C15H11NO2S/c17-9-13-7-6-12(18-13)8-15-16-14(10-19-15)11-4-2-1-3-5-11/h1-7,9-10H,8H2. The molecule has 4 heteroatoms. The number of carbonyl (C=O) groups is 1. The SMILES string of the molecule is O=Cc1ccc(Cc2nc(-c3ccccc3)cs2)o1. The molecule has 0 atom stereocenters. The topological polar surface area (TPSA) is 43.1 Å². The van der Waals surface area contributed by atoms with Gasteiger partial charge in [-0.15, -0.1) is 11.3 Å². The number of hydrogen-bond donors (Lipinski definition) is 0. The highest BCUT2D eigenvalue weighted by molar-refractivity contribution is 7.10. The molecule has 3 nitrogen and oxygen atoms in total. The maximum atomic E-state index is 10.6. The van der Waals surface area contributed by atoms with Crippen molar-refractivity contribution in [3.8, 4) is 11.3 Å². The molecule has 0 saturated heterocycles. The summed E-state index contributed by atoms with van der Waals surface area (Å²) in [6.07, 6.45) is 1.33. The van der Waals surface area contributed by atoms with Crippen LogP contribution in [0.2, 0.25) is 0 Å². The maximum absolute atomic E-state index is 10.6. The van der Waals surface area contributed by atoms with E-state index < -0.39 is 0 Å². The Morgan fingerprint density at radius 3 is 2.74 bits per heavy atom. The lowest BCUT2D eigenvalue weighted by Crippen LogP contribution is -1.85. The third kappa shape index (κ3) is 2.63. The molecule has 0 aliphatic rings. The van der Waals surface area contributed by atoms with Gasteiger partial charge in [-0.2, -0.15) is 0 Å². The summed E-state index contributed by atoms with van der Waals surface area (Å²) in [4.78, 5) is 15.1. The normalized spacial score (nSPS) is 10.5. The van der Waals surface area contributed by atoms with Gasteiger partial charge in [0.1, 0.15) is 10.8 Å². The number of rotatable bonds is 4. The van der Waals surface area contributed by atoms with Crippen molar-refractivity contribution in [2.45, 2.75) is 6.42 Å². The molecular weight excluding hydrogens is 258 g/mol. The molecule has 0 fully saturated rings. The fourth-order valence-electron chi connectivity index (χ4n) is 1.84. The van der Waals surface area contributed by atoms with Crippen molar-refractivity contribution in [2.24, 2.45) is 0 Å². The van der Waals surface area contributed by atoms with E-state index in [9.17, 15) is 4.79 Å². The minimum absolute atomic E-state index is 0.356. The number of thiazole rings is 1. The first-order valence-corrected chi connectivity index (χ1v) is 6.77. The first kappa shape index (κ1) is 11.9. The molecule has 0 spiro atoms. The Kier molecular flexibility index (Phi) is 3.25. The third-order valence-electron chi connectivity index (χ3n) is 2.75. The molecule has 2 aromatic heterocycles. The van der Waals surface area contributed by atoms with Gasteiger partial charge in [-0.25, -0.2) is 4.98 Å². The second kappa shape index (κ2) is 5.20. The molecule has 0 saturated carbocycles. The Morgan fingerprint density at radius 2 is 2.00 bits per heavy atom.